The van der Waals surface area contributed by atoms with Gasteiger partial charge in [-0.2, -0.15) is 0 Å². The summed E-state index contributed by atoms with van der Waals surface area (Å²) in [6.07, 6.45) is 0.313. The average Bonchev–Trinajstić information content (AvgIpc) is 3.14. The van der Waals surface area contributed by atoms with Crippen molar-refractivity contribution in [3.05, 3.63) is 34.8 Å². The fourth-order valence-corrected chi connectivity index (χ4v) is 3.00. The van der Waals surface area contributed by atoms with Crippen molar-refractivity contribution < 1.29 is 24.0 Å². The molecule has 0 aliphatic carbocycles. The smallest absolute Gasteiger partial charge is 0.326 e. The summed E-state index contributed by atoms with van der Waals surface area (Å²) in [5.41, 5.74) is 1.86. The molecule has 2 heterocycles. The molecule has 3 N–H and O–H groups in total. The summed E-state index contributed by atoms with van der Waals surface area (Å²) in [5.74, 6) is -0.740. The standard InChI is InChI=1S/C19H26N4O5/c1-10(2)6-15(19(26)27)21-17(24)9-20-18(25)14-7-11(3)23(13(14)5)16-8-12(4)28-22-16/h7-8,10,15H,6,9H2,1-5H3,(H,20,25)(H,21,24)(H,26,27)/t15-/m0/s1. The maximum atomic E-state index is 12.5. The third-order valence-electron chi connectivity index (χ3n) is 4.27. The van der Waals surface area contributed by atoms with Crippen LogP contribution in [0.25, 0.3) is 5.82 Å². The van der Waals surface area contributed by atoms with E-state index in [1.165, 1.54) is 0 Å². The van der Waals surface area contributed by atoms with Crippen LogP contribution in [-0.2, 0) is 9.59 Å². The van der Waals surface area contributed by atoms with Gasteiger partial charge in [-0.1, -0.05) is 19.0 Å². The maximum absolute atomic E-state index is 12.5. The lowest BCUT2D eigenvalue weighted by Gasteiger charge is -2.16. The van der Waals surface area contributed by atoms with E-state index in [1.54, 1.807) is 30.5 Å². The Bertz CT molecular complexity index is 881. The summed E-state index contributed by atoms with van der Waals surface area (Å²) in [5, 5.41) is 18.1. The van der Waals surface area contributed by atoms with Crippen LogP contribution in [0.15, 0.2) is 16.7 Å². The Hall–Kier alpha value is -3.10. The highest BCUT2D eigenvalue weighted by Crippen LogP contribution is 2.20. The lowest BCUT2D eigenvalue weighted by Crippen LogP contribution is -2.46. The molecule has 9 nitrogen and oxygen atoms in total. The Labute approximate surface area is 163 Å². The van der Waals surface area contributed by atoms with Gasteiger partial charge >= 0.3 is 5.97 Å². The third-order valence-corrected chi connectivity index (χ3v) is 4.27. The predicted molar refractivity (Wildman–Crippen MR) is 101 cm³/mol. The number of hydrogen-bond donors (Lipinski definition) is 3. The lowest BCUT2D eigenvalue weighted by atomic mass is 10.0. The first-order valence-electron chi connectivity index (χ1n) is 9.03. The summed E-state index contributed by atoms with van der Waals surface area (Å²) >= 11 is 0. The van der Waals surface area contributed by atoms with Crippen LogP contribution in [0.2, 0.25) is 0 Å². The molecule has 0 saturated heterocycles. The van der Waals surface area contributed by atoms with Crippen LogP contribution in [0.4, 0.5) is 0 Å². The van der Waals surface area contributed by atoms with Crippen molar-refractivity contribution in [1.29, 1.82) is 0 Å². The number of aryl methyl sites for hydroxylation is 2. The Morgan fingerprint density at radius 3 is 2.43 bits per heavy atom. The first kappa shape index (κ1) is 21.2. The molecule has 0 unspecified atom stereocenters. The second-order valence-electron chi connectivity index (χ2n) is 7.19. The van der Waals surface area contributed by atoms with Gasteiger partial charge in [0.25, 0.3) is 5.91 Å². The van der Waals surface area contributed by atoms with Gasteiger partial charge in [-0.15, -0.1) is 0 Å². The normalized spacial score (nSPS) is 12.1. The zero-order valence-electron chi connectivity index (χ0n) is 16.7. The van der Waals surface area contributed by atoms with Crippen LogP contribution in [0.1, 0.15) is 47.8 Å². The highest BCUT2D eigenvalue weighted by Gasteiger charge is 2.22. The first-order valence-corrected chi connectivity index (χ1v) is 9.03. The molecule has 28 heavy (non-hydrogen) atoms. The molecule has 0 aliphatic heterocycles. The van der Waals surface area contributed by atoms with Gasteiger partial charge < -0.3 is 20.3 Å². The van der Waals surface area contributed by atoms with Gasteiger partial charge in [-0.05, 0) is 39.2 Å². The van der Waals surface area contributed by atoms with Gasteiger partial charge in [0.1, 0.15) is 11.8 Å². The molecule has 2 amide bonds. The molecule has 0 saturated carbocycles. The molecule has 0 aliphatic rings. The Morgan fingerprint density at radius 2 is 1.89 bits per heavy atom. The SMILES string of the molecule is Cc1cc(-n2c(C)cc(C(=O)NCC(=O)N[C@@H](CC(C)C)C(=O)O)c2C)no1. The van der Waals surface area contributed by atoms with Crippen LogP contribution < -0.4 is 10.6 Å². The van der Waals surface area contributed by atoms with Crippen molar-refractivity contribution in [3.8, 4) is 5.82 Å². The monoisotopic (exact) mass is 390 g/mol. The maximum Gasteiger partial charge on any atom is 0.326 e. The van der Waals surface area contributed by atoms with Crippen molar-refractivity contribution >= 4 is 17.8 Å². The summed E-state index contributed by atoms with van der Waals surface area (Å²) in [6.45, 7) is 8.82. The predicted octanol–water partition coefficient (Wildman–Crippen LogP) is 1.74. The number of rotatable bonds is 8. The number of aliphatic carboxylic acids is 1. The number of nitrogens with zero attached hydrogens (tertiary/aromatic N) is 2. The molecule has 2 rings (SSSR count). The number of aromatic nitrogens is 2. The number of amides is 2. The molecular formula is C19H26N4O5. The number of nitrogens with one attached hydrogen (secondary N) is 2. The number of hydrogen-bond acceptors (Lipinski definition) is 5. The van der Waals surface area contributed by atoms with Crippen LogP contribution in [-0.4, -0.2) is 45.2 Å². The number of carboxylic acid groups (broad SMARTS) is 1. The van der Waals surface area contributed by atoms with E-state index in [4.69, 9.17) is 4.52 Å². The molecule has 2 aromatic heterocycles. The highest BCUT2D eigenvalue weighted by atomic mass is 16.5. The lowest BCUT2D eigenvalue weighted by molar-refractivity contribution is -0.142. The Morgan fingerprint density at radius 1 is 1.21 bits per heavy atom. The van der Waals surface area contributed by atoms with E-state index >= 15 is 0 Å². The minimum Gasteiger partial charge on any atom is -0.480 e. The van der Waals surface area contributed by atoms with E-state index in [2.05, 4.69) is 15.8 Å². The first-order chi connectivity index (χ1) is 13.1. The quantitative estimate of drug-likeness (QED) is 0.630. The summed E-state index contributed by atoms with van der Waals surface area (Å²) < 4.78 is 6.88. The van der Waals surface area contributed by atoms with E-state index in [0.29, 0.717) is 29.3 Å². The molecular weight excluding hydrogens is 364 g/mol. The van der Waals surface area contributed by atoms with Crippen molar-refractivity contribution in [3.63, 3.8) is 0 Å². The Kier molecular flexibility index (Phi) is 6.61. The second-order valence-corrected chi connectivity index (χ2v) is 7.19. The number of carbonyl (C=O) groups is 3. The fraction of sp³-hybridized carbons (Fsp3) is 0.474. The number of carbonyl (C=O) groups excluding carboxylic acids is 2. The van der Waals surface area contributed by atoms with Gasteiger partial charge in [-0.25, -0.2) is 4.79 Å². The van der Waals surface area contributed by atoms with Crippen molar-refractivity contribution in [1.82, 2.24) is 20.4 Å². The van der Waals surface area contributed by atoms with Crippen molar-refractivity contribution in [2.45, 2.75) is 47.1 Å². The Balaban J connectivity index is 2.03. The molecule has 9 heteroatoms. The zero-order chi connectivity index (χ0) is 21.0. The van der Waals surface area contributed by atoms with Crippen LogP contribution in [0.3, 0.4) is 0 Å². The van der Waals surface area contributed by atoms with E-state index in [-0.39, 0.29) is 12.5 Å². The van der Waals surface area contributed by atoms with Crippen LogP contribution in [0.5, 0.6) is 0 Å². The van der Waals surface area contributed by atoms with Gasteiger partial charge in [0.15, 0.2) is 5.82 Å². The van der Waals surface area contributed by atoms with Crippen LogP contribution in [0, 0.1) is 26.7 Å². The zero-order valence-corrected chi connectivity index (χ0v) is 16.7. The summed E-state index contributed by atoms with van der Waals surface area (Å²) in [7, 11) is 0. The third kappa shape index (κ3) is 4.99. The van der Waals surface area contributed by atoms with Gasteiger partial charge in [0.05, 0.1) is 12.1 Å². The molecule has 152 valence electrons. The van der Waals surface area contributed by atoms with E-state index in [9.17, 15) is 19.5 Å². The largest absolute Gasteiger partial charge is 0.480 e. The minimum atomic E-state index is -1.10. The van der Waals surface area contributed by atoms with Crippen LogP contribution >= 0.6 is 0 Å². The minimum absolute atomic E-state index is 0.113. The topological polar surface area (TPSA) is 126 Å². The van der Waals surface area contributed by atoms with Gasteiger partial charge in [0, 0.05) is 17.5 Å². The fourth-order valence-electron chi connectivity index (χ4n) is 3.00. The highest BCUT2D eigenvalue weighted by molar-refractivity contribution is 5.98. The van der Waals surface area contributed by atoms with E-state index in [1.807, 2.05) is 20.8 Å². The van der Waals surface area contributed by atoms with E-state index in [0.717, 1.165) is 5.69 Å². The molecule has 0 bridgehead atoms. The van der Waals surface area contributed by atoms with Crippen molar-refractivity contribution in [2.75, 3.05) is 6.54 Å². The molecule has 0 radical (unpaired) electrons. The average molecular weight is 390 g/mol. The van der Waals surface area contributed by atoms with Crippen molar-refractivity contribution in [2.24, 2.45) is 5.92 Å². The van der Waals surface area contributed by atoms with Gasteiger partial charge in [-0.3, -0.25) is 14.2 Å². The van der Waals surface area contributed by atoms with Gasteiger partial charge in [0.2, 0.25) is 5.91 Å². The molecule has 0 spiro atoms. The summed E-state index contributed by atoms with van der Waals surface area (Å²) in [6, 6.07) is 2.48. The summed E-state index contributed by atoms with van der Waals surface area (Å²) in [4.78, 5) is 35.8. The molecule has 0 fully saturated rings. The molecule has 0 aromatic carbocycles. The molecule has 1 atom stereocenters. The molecule has 2 aromatic rings. The second kappa shape index (κ2) is 8.73. The van der Waals surface area contributed by atoms with E-state index < -0.39 is 23.8 Å². The number of carboxylic acids is 1.